The van der Waals surface area contributed by atoms with Crippen molar-refractivity contribution in [2.75, 3.05) is 26.2 Å². The highest BCUT2D eigenvalue weighted by Crippen LogP contribution is 2.25. The molecule has 0 unspecified atom stereocenters. The molecule has 2 heterocycles. The summed E-state index contributed by atoms with van der Waals surface area (Å²) in [7, 11) is -3.73. The van der Waals surface area contributed by atoms with Crippen molar-refractivity contribution in [3.05, 3.63) is 55.7 Å². The molecule has 0 saturated carbocycles. The number of benzene rings is 1. The van der Waals surface area contributed by atoms with Gasteiger partial charge in [-0.25, -0.2) is 8.42 Å². The van der Waals surface area contributed by atoms with E-state index < -0.39 is 14.9 Å². The Balaban J connectivity index is 1.67. The zero-order chi connectivity index (χ0) is 18.0. The minimum absolute atomic E-state index is 0.0415. The van der Waals surface area contributed by atoms with Crippen molar-refractivity contribution in [1.29, 1.82) is 0 Å². The van der Waals surface area contributed by atoms with Gasteiger partial charge in [0.25, 0.3) is 5.69 Å². The van der Waals surface area contributed by atoms with E-state index in [2.05, 4.69) is 4.90 Å². The molecule has 3 rings (SSSR count). The van der Waals surface area contributed by atoms with E-state index in [0.29, 0.717) is 26.2 Å². The maximum Gasteiger partial charge on any atom is 0.270 e. The lowest BCUT2D eigenvalue weighted by Crippen LogP contribution is -2.48. The van der Waals surface area contributed by atoms with Crippen molar-refractivity contribution >= 4 is 38.6 Å². The van der Waals surface area contributed by atoms with Crippen molar-refractivity contribution in [3.8, 4) is 0 Å². The molecule has 1 aliphatic rings. The quantitative estimate of drug-likeness (QED) is 0.568. The van der Waals surface area contributed by atoms with Gasteiger partial charge >= 0.3 is 0 Å². The molecular formula is C15H16ClN3O4S2. The first-order chi connectivity index (χ1) is 11.9. The number of thiophene rings is 1. The molecule has 10 heteroatoms. The van der Waals surface area contributed by atoms with Gasteiger partial charge in [0.1, 0.15) is 0 Å². The molecule has 2 aromatic rings. The summed E-state index contributed by atoms with van der Waals surface area (Å²) in [5.41, 5.74) is -0.228. The number of nitrogens with zero attached hydrogens (tertiary/aromatic N) is 3. The molecule has 7 nitrogen and oxygen atoms in total. The second-order valence-electron chi connectivity index (χ2n) is 5.64. The Labute approximate surface area is 154 Å². The number of halogens is 1. The molecule has 25 heavy (non-hydrogen) atoms. The molecular weight excluding hydrogens is 386 g/mol. The molecule has 1 fully saturated rings. The molecule has 0 N–H and O–H groups in total. The van der Waals surface area contributed by atoms with Gasteiger partial charge in [0.05, 0.1) is 14.2 Å². The Kier molecular flexibility index (Phi) is 5.40. The highest BCUT2D eigenvalue weighted by Gasteiger charge is 2.29. The van der Waals surface area contributed by atoms with E-state index in [1.807, 2.05) is 12.1 Å². The predicted molar refractivity (Wildman–Crippen MR) is 96.5 cm³/mol. The fourth-order valence-electron chi connectivity index (χ4n) is 2.69. The van der Waals surface area contributed by atoms with Crippen LogP contribution in [0.15, 0.2) is 41.3 Å². The number of nitro benzene ring substituents is 1. The molecule has 0 atom stereocenters. The third kappa shape index (κ3) is 4.18. The number of hydrogen-bond donors (Lipinski definition) is 0. The third-order valence-electron chi connectivity index (χ3n) is 4.01. The fourth-order valence-corrected chi connectivity index (χ4v) is 5.28. The number of nitro groups is 1. The van der Waals surface area contributed by atoms with Crippen LogP contribution in [0.2, 0.25) is 4.34 Å². The lowest BCUT2D eigenvalue weighted by molar-refractivity contribution is -0.385. The SMILES string of the molecule is O=[N+]([O-])c1cccc(S(=O)(=O)N2CCN(Cc3ccc(Cl)s3)CC2)c1. The maximum absolute atomic E-state index is 12.7. The van der Waals surface area contributed by atoms with Gasteiger partial charge < -0.3 is 0 Å². The monoisotopic (exact) mass is 401 g/mol. The van der Waals surface area contributed by atoms with E-state index in [4.69, 9.17) is 11.6 Å². The first-order valence-electron chi connectivity index (χ1n) is 7.57. The van der Waals surface area contributed by atoms with Crippen LogP contribution in [0.3, 0.4) is 0 Å². The number of rotatable bonds is 5. The van der Waals surface area contributed by atoms with E-state index >= 15 is 0 Å². The largest absolute Gasteiger partial charge is 0.296 e. The number of sulfonamides is 1. The standard InChI is InChI=1S/C15H16ClN3O4S2/c16-15-5-4-13(24-15)11-17-6-8-18(9-7-17)25(22,23)14-3-1-2-12(10-14)19(20)21/h1-5,10H,6-9,11H2. The average molecular weight is 402 g/mol. The summed E-state index contributed by atoms with van der Waals surface area (Å²) in [6.45, 7) is 2.64. The molecule has 0 spiro atoms. The Hall–Kier alpha value is -1.52. The van der Waals surface area contributed by atoms with Crippen molar-refractivity contribution in [3.63, 3.8) is 0 Å². The van der Waals surface area contributed by atoms with Crippen molar-refractivity contribution in [2.45, 2.75) is 11.4 Å². The Morgan fingerprint density at radius 3 is 2.48 bits per heavy atom. The van der Waals surface area contributed by atoms with Crippen LogP contribution < -0.4 is 0 Å². The zero-order valence-corrected chi connectivity index (χ0v) is 15.6. The minimum atomic E-state index is -3.73. The normalized spacial score (nSPS) is 16.8. The van der Waals surface area contributed by atoms with E-state index in [9.17, 15) is 18.5 Å². The number of piperazine rings is 1. The summed E-state index contributed by atoms with van der Waals surface area (Å²) in [6, 6.07) is 8.99. The highest BCUT2D eigenvalue weighted by molar-refractivity contribution is 7.89. The van der Waals surface area contributed by atoms with Gasteiger partial charge in [0.15, 0.2) is 0 Å². The maximum atomic E-state index is 12.7. The van der Waals surface area contributed by atoms with Gasteiger partial charge in [-0.05, 0) is 18.2 Å². The molecule has 1 aromatic carbocycles. The van der Waals surface area contributed by atoms with Gasteiger partial charge in [0.2, 0.25) is 10.0 Å². The van der Waals surface area contributed by atoms with E-state index in [0.717, 1.165) is 21.8 Å². The van der Waals surface area contributed by atoms with Crippen molar-refractivity contribution < 1.29 is 13.3 Å². The first-order valence-corrected chi connectivity index (χ1v) is 10.2. The van der Waals surface area contributed by atoms with Crippen LogP contribution in [0, 0.1) is 10.1 Å². The summed E-state index contributed by atoms with van der Waals surface area (Å²) >= 11 is 7.45. The van der Waals surface area contributed by atoms with Crippen LogP contribution in [0.4, 0.5) is 5.69 Å². The predicted octanol–water partition coefficient (Wildman–Crippen LogP) is 2.82. The van der Waals surface area contributed by atoms with E-state index in [-0.39, 0.29) is 10.6 Å². The van der Waals surface area contributed by atoms with Gasteiger partial charge in [-0.15, -0.1) is 11.3 Å². The minimum Gasteiger partial charge on any atom is -0.296 e. The second-order valence-corrected chi connectivity index (χ2v) is 9.38. The first kappa shape index (κ1) is 18.3. The third-order valence-corrected chi connectivity index (χ3v) is 7.12. The average Bonchev–Trinajstić information content (AvgIpc) is 3.00. The van der Waals surface area contributed by atoms with Gasteiger partial charge in [-0.1, -0.05) is 17.7 Å². The smallest absolute Gasteiger partial charge is 0.270 e. The van der Waals surface area contributed by atoms with Crippen molar-refractivity contribution in [2.24, 2.45) is 0 Å². The molecule has 1 aromatic heterocycles. The molecule has 134 valence electrons. The van der Waals surface area contributed by atoms with Crippen LogP contribution in [0.5, 0.6) is 0 Å². The van der Waals surface area contributed by atoms with Crippen LogP contribution in [-0.4, -0.2) is 48.7 Å². The Morgan fingerprint density at radius 1 is 1.16 bits per heavy atom. The molecule has 1 saturated heterocycles. The van der Waals surface area contributed by atoms with Gasteiger partial charge in [-0.3, -0.25) is 15.0 Å². The zero-order valence-electron chi connectivity index (χ0n) is 13.2. The Bertz CT molecular complexity index is 876. The molecule has 0 aliphatic carbocycles. The van der Waals surface area contributed by atoms with Gasteiger partial charge in [-0.2, -0.15) is 4.31 Å². The van der Waals surface area contributed by atoms with Crippen LogP contribution in [0.1, 0.15) is 4.88 Å². The molecule has 0 bridgehead atoms. The summed E-state index contributed by atoms with van der Waals surface area (Å²) < 4.78 is 27.5. The lowest BCUT2D eigenvalue weighted by atomic mass is 10.3. The topological polar surface area (TPSA) is 83.8 Å². The molecule has 0 radical (unpaired) electrons. The lowest BCUT2D eigenvalue weighted by Gasteiger charge is -2.33. The van der Waals surface area contributed by atoms with E-state index in [1.54, 1.807) is 0 Å². The van der Waals surface area contributed by atoms with Crippen LogP contribution in [-0.2, 0) is 16.6 Å². The Morgan fingerprint density at radius 2 is 1.88 bits per heavy atom. The summed E-state index contributed by atoms with van der Waals surface area (Å²) in [6.07, 6.45) is 0. The second kappa shape index (κ2) is 7.38. The summed E-state index contributed by atoms with van der Waals surface area (Å²) in [4.78, 5) is 13.5. The highest BCUT2D eigenvalue weighted by atomic mass is 35.5. The van der Waals surface area contributed by atoms with Crippen LogP contribution in [0.25, 0.3) is 0 Å². The van der Waals surface area contributed by atoms with Crippen molar-refractivity contribution in [1.82, 2.24) is 9.21 Å². The van der Waals surface area contributed by atoms with E-state index in [1.165, 1.54) is 33.8 Å². The van der Waals surface area contributed by atoms with Crippen LogP contribution >= 0.6 is 22.9 Å². The van der Waals surface area contributed by atoms with Gasteiger partial charge in [0, 0.05) is 49.7 Å². The summed E-state index contributed by atoms with van der Waals surface area (Å²) in [5.74, 6) is 0. The fraction of sp³-hybridized carbons (Fsp3) is 0.333. The molecule has 1 aliphatic heterocycles. The summed E-state index contributed by atoms with van der Waals surface area (Å²) in [5, 5.41) is 10.9. The number of non-ortho nitro benzene ring substituents is 1. The molecule has 0 amide bonds. The number of hydrogen-bond acceptors (Lipinski definition) is 6.